The largest absolute Gasteiger partial charge is 0.352 e. The second-order valence-corrected chi connectivity index (χ2v) is 5.46. The number of amides is 1. The van der Waals surface area contributed by atoms with Gasteiger partial charge in [0.25, 0.3) is 0 Å². The Morgan fingerprint density at radius 3 is 1.50 bits per heavy atom. The molecule has 0 unspecified atom stereocenters. The predicted molar refractivity (Wildman–Crippen MR) is 81.5 cm³/mol. The number of Topliss-reactive ketones (excluding diaryl/α,β-unsaturated/α-hetero) is 1. The Morgan fingerprint density at radius 1 is 0.700 bits per heavy atom. The minimum absolute atomic E-state index is 0.169. The van der Waals surface area contributed by atoms with E-state index >= 15 is 0 Å². The number of hydrogen-bond donors (Lipinski definition) is 0. The Hall–Kier alpha value is -1.06. The highest BCUT2D eigenvalue weighted by molar-refractivity contribution is 6.36. The fraction of sp³-hybridized carbons (Fsp3) is 0.875. The minimum Gasteiger partial charge on any atom is -0.289 e. The number of carbonyl (C=O) groups is 2. The van der Waals surface area contributed by atoms with E-state index in [0.29, 0.717) is 6.42 Å². The highest BCUT2D eigenvalue weighted by atomic mass is 16.3. The first-order valence-corrected chi connectivity index (χ1v) is 8.13. The SMILES string of the molecule is CCCCCCCCCCCCCCC(=O)C(=O)N=O. The van der Waals surface area contributed by atoms with E-state index in [1.807, 2.05) is 0 Å². The first-order valence-electron chi connectivity index (χ1n) is 8.13. The topological polar surface area (TPSA) is 63.6 Å². The van der Waals surface area contributed by atoms with Crippen LogP contribution in [0.1, 0.15) is 90.4 Å². The smallest absolute Gasteiger partial charge is 0.289 e. The van der Waals surface area contributed by atoms with E-state index in [-0.39, 0.29) is 6.42 Å². The summed E-state index contributed by atoms with van der Waals surface area (Å²) in [5.41, 5.74) is 0. The van der Waals surface area contributed by atoms with Gasteiger partial charge >= 0.3 is 5.91 Å². The van der Waals surface area contributed by atoms with Gasteiger partial charge in [-0.25, -0.2) is 0 Å². The van der Waals surface area contributed by atoms with Crippen molar-refractivity contribution in [3.8, 4) is 0 Å². The number of nitrogens with zero attached hydrogens (tertiary/aromatic N) is 1. The van der Waals surface area contributed by atoms with Crippen molar-refractivity contribution in [3.63, 3.8) is 0 Å². The van der Waals surface area contributed by atoms with Gasteiger partial charge in [-0.15, -0.1) is 4.91 Å². The molecule has 0 aliphatic heterocycles. The molecule has 116 valence electrons. The summed E-state index contributed by atoms with van der Waals surface area (Å²) >= 11 is 0. The van der Waals surface area contributed by atoms with Crippen LogP contribution in [0.3, 0.4) is 0 Å². The maximum absolute atomic E-state index is 11.0. The van der Waals surface area contributed by atoms with Crippen LogP contribution in [0.25, 0.3) is 0 Å². The summed E-state index contributed by atoms with van der Waals surface area (Å²) in [6.45, 7) is 2.24. The summed E-state index contributed by atoms with van der Waals surface area (Å²) in [7, 11) is 0. The fourth-order valence-corrected chi connectivity index (χ4v) is 2.28. The molecule has 0 saturated carbocycles. The van der Waals surface area contributed by atoms with E-state index in [1.54, 1.807) is 0 Å². The maximum Gasteiger partial charge on any atom is 0.352 e. The zero-order valence-corrected chi connectivity index (χ0v) is 12.9. The Labute approximate surface area is 122 Å². The van der Waals surface area contributed by atoms with Crippen LogP contribution < -0.4 is 0 Å². The van der Waals surface area contributed by atoms with E-state index < -0.39 is 11.7 Å². The number of carbonyl (C=O) groups excluding carboxylic acids is 2. The van der Waals surface area contributed by atoms with Crippen LogP contribution >= 0.6 is 0 Å². The molecule has 20 heavy (non-hydrogen) atoms. The Balaban J connectivity index is 3.15. The standard InChI is InChI=1S/C16H29NO3/c1-2-3-4-5-6-7-8-9-10-11-12-13-14-15(18)16(19)17-20/h2-14H2,1H3. The average molecular weight is 283 g/mol. The van der Waals surface area contributed by atoms with Crippen molar-refractivity contribution in [2.75, 3.05) is 0 Å². The van der Waals surface area contributed by atoms with Crippen LogP contribution in [0, 0.1) is 4.91 Å². The molecule has 0 aromatic heterocycles. The van der Waals surface area contributed by atoms with Crippen LogP contribution in [0.4, 0.5) is 0 Å². The van der Waals surface area contributed by atoms with Gasteiger partial charge in [0.05, 0.1) is 0 Å². The highest BCUT2D eigenvalue weighted by Gasteiger charge is 2.12. The monoisotopic (exact) mass is 283 g/mol. The molecule has 4 heteroatoms. The normalized spacial score (nSPS) is 10.4. The van der Waals surface area contributed by atoms with Crippen molar-refractivity contribution in [1.29, 1.82) is 0 Å². The third-order valence-electron chi connectivity index (χ3n) is 3.58. The van der Waals surface area contributed by atoms with Crippen molar-refractivity contribution in [2.24, 2.45) is 5.18 Å². The molecule has 4 nitrogen and oxygen atoms in total. The van der Waals surface area contributed by atoms with Gasteiger partial charge in [-0.3, -0.25) is 9.59 Å². The number of nitroso groups, excluding NO2 is 1. The lowest BCUT2D eigenvalue weighted by Gasteiger charge is -2.02. The van der Waals surface area contributed by atoms with E-state index in [4.69, 9.17) is 0 Å². The highest BCUT2D eigenvalue weighted by Crippen LogP contribution is 2.12. The minimum atomic E-state index is -1.13. The molecule has 0 spiro atoms. The number of ketones is 1. The van der Waals surface area contributed by atoms with Crippen molar-refractivity contribution in [3.05, 3.63) is 4.91 Å². The third-order valence-corrected chi connectivity index (χ3v) is 3.58. The van der Waals surface area contributed by atoms with Gasteiger partial charge in [0.15, 0.2) is 0 Å². The Kier molecular flexibility index (Phi) is 13.6. The number of unbranched alkanes of at least 4 members (excludes halogenated alkanes) is 11. The van der Waals surface area contributed by atoms with Crippen LogP contribution in [0.15, 0.2) is 5.18 Å². The lowest BCUT2D eigenvalue weighted by Crippen LogP contribution is -2.09. The third kappa shape index (κ3) is 12.0. The van der Waals surface area contributed by atoms with Gasteiger partial charge in [0.1, 0.15) is 0 Å². The first-order chi connectivity index (χ1) is 9.72. The second-order valence-electron chi connectivity index (χ2n) is 5.46. The van der Waals surface area contributed by atoms with Crippen molar-refractivity contribution in [1.82, 2.24) is 0 Å². The molecular weight excluding hydrogens is 254 g/mol. The number of rotatable bonds is 14. The second kappa shape index (κ2) is 14.4. The van der Waals surface area contributed by atoms with Crippen molar-refractivity contribution in [2.45, 2.75) is 90.4 Å². The zero-order chi connectivity index (χ0) is 15.1. The molecule has 0 atom stereocenters. The predicted octanol–water partition coefficient (Wildman–Crippen LogP) is 4.94. The molecule has 0 aromatic rings. The molecule has 0 rings (SSSR count). The van der Waals surface area contributed by atoms with Crippen LogP contribution in [-0.4, -0.2) is 11.7 Å². The average Bonchev–Trinajstić information content (AvgIpc) is 2.47. The summed E-state index contributed by atoms with van der Waals surface area (Å²) in [4.78, 5) is 31.5. The zero-order valence-electron chi connectivity index (χ0n) is 12.9. The Morgan fingerprint density at radius 2 is 1.10 bits per heavy atom. The molecule has 0 aliphatic rings. The lowest BCUT2D eigenvalue weighted by molar-refractivity contribution is -0.135. The summed E-state index contributed by atoms with van der Waals surface area (Å²) in [6, 6.07) is 0. The van der Waals surface area contributed by atoms with E-state index in [2.05, 4.69) is 12.1 Å². The molecule has 0 radical (unpaired) electrons. The molecule has 0 bridgehead atoms. The van der Waals surface area contributed by atoms with Crippen molar-refractivity contribution < 1.29 is 9.59 Å². The Bertz CT molecular complexity index is 277. The molecule has 0 heterocycles. The van der Waals surface area contributed by atoms with Crippen LogP contribution in [-0.2, 0) is 9.59 Å². The molecular formula is C16H29NO3. The summed E-state index contributed by atoms with van der Waals surface area (Å²) in [6.07, 6.45) is 14.8. The first kappa shape index (κ1) is 18.9. The van der Waals surface area contributed by atoms with Crippen molar-refractivity contribution >= 4 is 11.7 Å². The maximum atomic E-state index is 11.0. The quantitative estimate of drug-likeness (QED) is 0.258. The summed E-state index contributed by atoms with van der Waals surface area (Å²) < 4.78 is 0. The molecule has 0 N–H and O–H groups in total. The molecule has 0 aliphatic carbocycles. The van der Waals surface area contributed by atoms with Crippen LogP contribution in [0.5, 0.6) is 0 Å². The van der Waals surface area contributed by atoms with Gasteiger partial charge in [-0.05, 0) is 6.42 Å². The van der Waals surface area contributed by atoms with Gasteiger partial charge in [0.2, 0.25) is 5.78 Å². The van der Waals surface area contributed by atoms with E-state index in [0.717, 1.165) is 12.8 Å². The van der Waals surface area contributed by atoms with Gasteiger partial charge in [-0.1, -0.05) is 77.6 Å². The fourth-order valence-electron chi connectivity index (χ4n) is 2.28. The summed E-state index contributed by atoms with van der Waals surface area (Å²) in [5.74, 6) is -1.78. The van der Waals surface area contributed by atoms with Gasteiger partial charge in [-0.2, -0.15) is 0 Å². The molecule has 0 aromatic carbocycles. The number of hydrogen-bond acceptors (Lipinski definition) is 3. The van der Waals surface area contributed by atoms with Crippen LogP contribution in [0.2, 0.25) is 0 Å². The van der Waals surface area contributed by atoms with Gasteiger partial charge in [0, 0.05) is 11.6 Å². The van der Waals surface area contributed by atoms with E-state index in [1.165, 1.54) is 57.8 Å². The molecule has 0 fully saturated rings. The lowest BCUT2D eigenvalue weighted by atomic mass is 10.0. The molecule has 0 saturated heterocycles. The molecule has 1 amide bonds. The summed E-state index contributed by atoms with van der Waals surface area (Å²) in [5, 5.41) is 2.13. The van der Waals surface area contributed by atoms with E-state index in [9.17, 15) is 14.5 Å². The van der Waals surface area contributed by atoms with Gasteiger partial charge < -0.3 is 0 Å².